The highest BCUT2D eigenvalue weighted by Crippen LogP contribution is 2.43. The first kappa shape index (κ1) is 18.7. The zero-order chi connectivity index (χ0) is 20.1. The van der Waals surface area contributed by atoms with Gasteiger partial charge in [0.2, 0.25) is 0 Å². The first-order valence-corrected chi connectivity index (χ1v) is 9.30. The van der Waals surface area contributed by atoms with Gasteiger partial charge in [0.15, 0.2) is 0 Å². The molecular weight excluding hydrogens is 401 g/mol. The van der Waals surface area contributed by atoms with Crippen LogP contribution in [0.25, 0.3) is 0 Å². The van der Waals surface area contributed by atoms with E-state index in [1.54, 1.807) is 19.2 Å². The summed E-state index contributed by atoms with van der Waals surface area (Å²) in [5.41, 5.74) is 0.625. The van der Waals surface area contributed by atoms with E-state index in [2.05, 4.69) is 16.4 Å². The molecule has 2 saturated heterocycles. The molecule has 1 aromatic heterocycles. The molecule has 0 saturated carbocycles. The number of halogens is 2. The van der Waals surface area contributed by atoms with Crippen LogP contribution in [0.2, 0.25) is 10.3 Å². The molecule has 7 nitrogen and oxygen atoms in total. The number of carbonyl (C=O) groups is 2. The lowest BCUT2D eigenvalue weighted by molar-refractivity contribution is -0.124. The number of pyridine rings is 1. The Bertz CT molecular complexity index is 1000. The molecule has 1 N–H and O–H groups in total. The van der Waals surface area contributed by atoms with Crippen LogP contribution >= 0.6 is 23.2 Å². The van der Waals surface area contributed by atoms with Crippen molar-refractivity contribution in [1.29, 1.82) is 5.26 Å². The highest BCUT2D eigenvalue weighted by molar-refractivity contribution is 6.33. The molecule has 1 spiro atoms. The van der Waals surface area contributed by atoms with Crippen LogP contribution in [-0.2, 0) is 4.79 Å². The lowest BCUT2D eigenvalue weighted by Gasteiger charge is -2.33. The number of imide groups is 1. The number of aromatic nitrogens is 1. The fraction of sp³-hybridized carbons (Fsp3) is 0.263. The molecule has 3 amide bonds. The first-order valence-electron chi connectivity index (χ1n) is 8.54. The van der Waals surface area contributed by atoms with Gasteiger partial charge in [-0.05, 0) is 29.8 Å². The van der Waals surface area contributed by atoms with E-state index in [0.29, 0.717) is 18.7 Å². The van der Waals surface area contributed by atoms with Gasteiger partial charge in [-0.25, -0.2) is 14.7 Å². The minimum absolute atomic E-state index is 0.0971. The molecule has 1 aromatic carbocycles. The number of hydrogen-bond acceptors (Lipinski definition) is 5. The molecule has 0 radical (unpaired) electrons. The molecule has 2 aromatic rings. The van der Waals surface area contributed by atoms with Crippen LogP contribution in [0, 0.1) is 11.3 Å². The fourth-order valence-corrected chi connectivity index (χ4v) is 4.46. The van der Waals surface area contributed by atoms with Gasteiger partial charge < -0.3 is 10.2 Å². The molecule has 142 valence electrons. The van der Waals surface area contributed by atoms with E-state index in [1.165, 1.54) is 17.0 Å². The van der Waals surface area contributed by atoms with E-state index >= 15 is 0 Å². The van der Waals surface area contributed by atoms with E-state index in [1.807, 2.05) is 12.1 Å². The highest BCUT2D eigenvalue weighted by atomic mass is 35.5. The van der Waals surface area contributed by atoms with Crippen molar-refractivity contribution in [3.8, 4) is 6.07 Å². The molecule has 0 aliphatic carbocycles. The lowest BCUT2D eigenvalue weighted by Crippen LogP contribution is -2.53. The predicted octanol–water partition coefficient (Wildman–Crippen LogP) is 2.78. The number of anilines is 1. The number of benzene rings is 1. The third-order valence-electron chi connectivity index (χ3n) is 5.42. The van der Waals surface area contributed by atoms with Crippen molar-refractivity contribution in [2.75, 3.05) is 25.0 Å². The van der Waals surface area contributed by atoms with Gasteiger partial charge >= 0.3 is 6.03 Å². The maximum atomic E-state index is 13.5. The molecule has 2 aliphatic rings. The number of nitrogens with zero attached hydrogens (tertiary/aromatic N) is 4. The molecule has 2 fully saturated rings. The zero-order valence-corrected chi connectivity index (χ0v) is 16.3. The van der Waals surface area contributed by atoms with Crippen LogP contribution in [0.3, 0.4) is 0 Å². The predicted molar refractivity (Wildman–Crippen MR) is 104 cm³/mol. The molecule has 9 heteroatoms. The van der Waals surface area contributed by atoms with Gasteiger partial charge in [-0.15, -0.1) is 0 Å². The summed E-state index contributed by atoms with van der Waals surface area (Å²) in [6.07, 6.45) is 0. The van der Waals surface area contributed by atoms with Crippen LogP contribution in [-0.4, -0.2) is 47.5 Å². The maximum Gasteiger partial charge on any atom is 0.332 e. The zero-order valence-electron chi connectivity index (χ0n) is 14.8. The molecule has 2 atom stereocenters. The van der Waals surface area contributed by atoms with Gasteiger partial charge in [0.1, 0.15) is 15.8 Å². The smallest absolute Gasteiger partial charge is 0.313 e. The van der Waals surface area contributed by atoms with E-state index in [-0.39, 0.29) is 27.8 Å². The van der Waals surface area contributed by atoms with E-state index in [0.717, 1.165) is 10.5 Å². The minimum atomic E-state index is -1.08. The first-order chi connectivity index (χ1) is 13.4. The Morgan fingerprint density at radius 3 is 2.46 bits per heavy atom. The van der Waals surface area contributed by atoms with E-state index in [4.69, 9.17) is 28.5 Å². The number of rotatable bonds is 2. The van der Waals surface area contributed by atoms with Crippen molar-refractivity contribution in [3.63, 3.8) is 0 Å². The third kappa shape index (κ3) is 2.65. The van der Waals surface area contributed by atoms with Gasteiger partial charge in [-0.1, -0.05) is 35.3 Å². The van der Waals surface area contributed by atoms with Gasteiger partial charge in [-0.2, -0.15) is 5.26 Å². The van der Waals surface area contributed by atoms with Crippen molar-refractivity contribution in [2.45, 2.75) is 11.5 Å². The van der Waals surface area contributed by atoms with E-state index in [9.17, 15) is 9.59 Å². The summed E-state index contributed by atoms with van der Waals surface area (Å²) in [5, 5.41) is 12.5. The summed E-state index contributed by atoms with van der Waals surface area (Å²) in [4.78, 5) is 33.0. The Labute approximate surface area is 171 Å². The summed E-state index contributed by atoms with van der Waals surface area (Å²) in [6.45, 7) is 0.850. The normalized spacial score (nSPS) is 24.3. The average molecular weight is 416 g/mol. The molecule has 2 aliphatic heterocycles. The summed E-state index contributed by atoms with van der Waals surface area (Å²) >= 11 is 11.9. The summed E-state index contributed by atoms with van der Waals surface area (Å²) in [7, 11) is 1.62. The Hall–Kier alpha value is -2.66. The SMILES string of the molecule is CN1C(=O)N(c2cc(Cl)nc(Cl)c2)C(=O)C12CNCC2c1ccc(C#N)cc1. The van der Waals surface area contributed by atoms with Crippen molar-refractivity contribution >= 4 is 40.8 Å². The van der Waals surface area contributed by atoms with Crippen LogP contribution < -0.4 is 10.2 Å². The number of nitriles is 1. The second-order valence-electron chi connectivity index (χ2n) is 6.79. The van der Waals surface area contributed by atoms with Gasteiger partial charge in [0.05, 0.1) is 17.3 Å². The quantitative estimate of drug-likeness (QED) is 0.601. The fourth-order valence-electron chi connectivity index (χ4n) is 4.01. The second-order valence-corrected chi connectivity index (χ2v) is 7.57. The molecule has 2 unspecified atom stereocenters. The van der Waals surface area contributed by atoms with Gasteiger partial charge in [0.25, 0.3) is 5.91 Å². The summed E-state index contributed by atoms with van der Waals surface area (Å²) in [5.74, 6) is -0.614. The number of amides is 3. The van der Waals surface area contributed by atoms with Crippen molar-refractivity contribution in [3.05, 3.63) is 57.8 Å². The minimum Gasteiger partial charge on any atom is -0.313 e. The number of likely N-dealkylation sites (N-methyl/N-ethyl adjacent to an activating group) is 1. The van der Waals surface area contributed by atoms with Crippen molar-refractivity contribution in [2.24, 2.45) is 0 Å². The average Bonchev–Trinajstić information content (AvgIpc) is 3.19. The number of carbonyl (C=O) groups excluding carboxylic acids is 2. The Kier molecular flexibility index (Phi) is 4.50. The summed E-state index contributed by atoms with van der Waals surface area (Å²) < 4.78 is 0. The Balaban J connectivity index is 1.78. The highest BCUT2D eigenvalue weighted by Gasteiger charge is 2.62. The maximum absolute atomic E-state index is 13.5. The Morgan fingerprint density at radius 1 is 1.21 bits per heavy atom. The molecule has 28 heavy (non-hydrogen) atoms. The lowest BCUT2D eigenvalue weighted by atomic mass is 9.80. The molecule has 0 bridgehead atoms. The van der Waals surface area contributed by atoms with Gasteiger partial charge in [0, 0.05) is 26.1 Å². The number of hydrogen-bond donors (Lipinski definition) is 1. The molecule has 3 heterocycles. The number of nitrogens with one attached hydrogen (secondary N) is 1. The topological polar surface area (TPSA) is 89.3 Å². The Morgan fingerprint density at radius 2 is 1.86 bits per heavy atom. The van der Waals surface area contributed by atoms with Crippen LogP contribution in [0.5, 0.6) is 0 Å². The molecule has 4 rings (SSSR count). The van der Waals surface area contributed by atoms with Crippen LogP contribution in [0.1, 0.15) is 17.0 Å². The largest absolute Gasteiger partial charge is 0.332 e. The van der Waals surface area contributed by atoms with Crippen molar-refractivity contribution in [1.82, 2.24) is 15.2 Å². The van der Waals surface area contributed by atoms with Crippen LogP contribution in [0.4, 0.5) is 10.5 Å². The van der Waals surface area contributed by atoms with Crippen LogP contribution in [0.15, 0.2) is 36.4 Å². The van der Waals surface area contributed by atoms with E-state index < -0.39 is 11.6 Å². The standard InChI is InChI=1S/C19H15Cl2N5O2/c1-25-18(28)26(13-6-15(20)24-16(21)7-13)17(27)19(25)10-23-9-14(19)12-4-2-11(8-22)3-5-12/h2-7,14,23H,9-10H2,1H3. The molecular formula is C19H15Cl2N5O2. The third-order valence-corrected chi connectivity index (χ3v) is 5.80. The monoisotopic (exact) mass is 415 g/mol. The number of urea groups is 1. The van der Waals surface area contributed by atoms with Gasteiger partial charge in [-0.3, -0.25) is 4.79 Å². The second kappa shape index (κ2) is 6.74. The van der Waals surface area contributed by atoms with Crippen molar-refractivity contribution < 1.29 is 9.59 Å². The summed E-state index contributed by atoms with van der Waals surface area (Å²) in [6, 6.07) is 11.6.